The molecule has 146 valence electrons. The number of allylic oxidation sites excluding steroid dienone is 7. The van der Waals surface area contributed by atoms with Crippen molar-refractivity contribution in [1.82, 2.24) is 0 Å². The smallest absolute Gasteiger partial charge is 0.310 e. The van der Waals surface area contributed by atoms with Gasteiger partial charge in [-0.2, -0.15) is 0 Å². The lowest BCUT2D eigenvalue weighted by Gasteiger charge is -2.20. The van der Waals surface area contributed by atoms with Gasteiger partial charge < -0.3 is 4.74 Å². The van der Waals surface area contributed by atoms with Crippen molar-refractivity contribution in [2.45, 2.75) is 91.6 Å². The second kappa shape index (κ2) is 11.4. The molecule has 26 heavy (non-hydrogen) atoms. The number of hydrogen-bond acceptors (Lipinski definition) is 2. The first kappa shape index (κ1) is 22.8. The predicted molar refractivity (Wildman–Crippen MR) is 112 cm³/mol. The third-order valence-corrected chi connectivity index (χ3v) is 4.59. The van der Waals surface area contributed by atoms with Crippen LogP contribution in [0.2, 0.25) is 0 Å². The zero-order chi connectivity index (χ0) is 19.6. The quantitative estimate of drug-likeness (QED) is 0.273. The summed E-state index contributed by atoms with van der Waals surface area (Å²) in [5.41, 5.74) is 3.53. The molecule has 0 bridgehead atoms. The van der Waals surface area contributed by atoms with Crippen molar-refractivity contribution in [3.8, 4) is 0 Å². The van der Waals surface area contributed by atoms with Gasteiger partial charge in [0.05, 0.1) is 6.42 Å². The highest BCUT2D eigenvalue weighted by Gasteiger charge is 2.17. The summed E-state index contributed by atoms with van der Waals surface area (Å²) in [5.74, 6) is -0.116. The summed E-state index contributed by atoms with van der Waals surface area (Å²) >= 11 is 6.19. The molecule has 0 heterocycles. The lowest BCUT2D eigenvalue weighted by Crippen LogP contribution is -2.24. The molecule has 0 aliphatic heterocycles. The number of esters is 1. The van der Waals surface area contributed by atoms with Crippen LogP contribution in [0.4, 0.5) is 0 Å². The molecule has 0 fully saturated rings. The van der Waals surface area contributed by atoms with Crippen LogP contribution in [-0.4, -0.2) is 11.6 Å². The summed E-state index contributed by atoms with van der Waals surface area (Å²) < 4.78 is 5.46. The fourth-order valence-electron chi connectivity index (χ4n) is 3.12. The number of carbonyl (C=O) groups is 1. The molecule has 0 amide bonds. The minimum absolute atomic E-state index is 0.116. The molecular formula is C23H35ClO2. The molecule has 0 spiro atoms. The number of hydrogen-bond donors (Lipinski definition) is 0. The molecule has 0 radical (unpaired) electrons. The minimum atomic E-state index is -0.413. The van der Waals surface area contributed by atoms with Gasteiger partial charge >= 0.3 is 5.97 Å². The molecule has 0 saturated carbocycles. The number of rotatable bonds is 6. The maximum Gasteiger partial charge on any atom is 0.310 e. The van der Waals surface area contributed by atoms with E-state index in [-0.39, 0.29) is 5.97 Å². The van der Waals surface area contributed by atoms with Crippen molar-refractivity contribution in [1.29, 1.82) is 0 Å². The van der Waals surface area contributed by atoms with Gasteiger partial charge in [-0.3, -0.25) is 4.79 Å². The Morgan fingerprint density at radius 2 is 1.88 bits per heavy atom. The Kier molecular flexibility index (Phi) is 10.0. The van der Waals surface area contributed by atoms with Gasteiger partial charge in [-0.1, -0.05) is 47.1 Å². The van der Waals surface area contributed by atoms with Crippen LogP contribution in [0.15, 0.2) is 46.1 Å². The van der Waals surface area contributed by atoms with E-state index in [2.05, 4.69) is 18.2 Å². The minimum Gasteiger partial charge on any atom is -0.460 e. The molecule has 0 aromatic heterocycles. The van der Waals surface area contributed by atoms with E-state index >= 15 is 0 Å². The fraction of sp³-hybridized carbons (Fsp3) is 0.609. The maximum absolute atomic E-state index is 12.1. The Morgan fingerprint density at radius 1 is 1.19 bits per heavy atom. The Balaban J connectivity index is 2.59. The molecule has 0 saturated heterocycles. The van der Waals surface area contributed by atoms with Gasteiger partial charge in [0.2, 0.25) is 0 Å². The van der Waals surface area contributed by atoms with Crippen LogP contribution in [0.25, 0.3) is 0 Å². The molecule has 1 aliphatic carbocycles. The zero-order valence-electron chi connectivity index (χ0n) is 17.2. The molecule has 1 aliphatic rings. The zero-order valence-corrected chi connectivity index (χ0v) is 17.9. The number of halogens is 1. The van der Waals surface area contributed by atoms with Crippen LogP contribution in [0.3, 0.4) is 0 Å². The Labute approximate surface area is 165 Å². The van der Waals surface area contributed by atoms with Crippen LogP contribution in [-0.2, 0) is 9.53 Å². The summed E-state index contributed by atoms with van der Waals surface area (Å²) in [4.78, 5) is 12.1. The summed E-state index contributed by atoms with van der Waals surface area (Å²) in [6, 6.07) is 0. The van der Waals surface area contributed by atoms with E-state index < -0.39 is 5.60 Å². The van der Waals surface area contributed by atoms with Gasteiger partial charge in [-0.05, 0) is 85.1 Å². The van der Waals surface area contributed by atoms with E-state index in [4.69, 9.17) is 16.3 Å². The first-order chi connectivity index (χ1) is 12.2. The Morgan fingerprint density at radius 3 is 2.50 bits per heavy atom. The summed E-state index contributed by atoms with van der Waals surface area (Å²) in [6.07, 6.45) is 16.4. The molecule has 0 aromatic carbocycles. The van der Waals surface area contributed by atoms with Crippen LogP contribution in [0.1, 0.15) is 86.0 Å². The highest BCUT2D eigenvalue weighted by atomic mass is 35.5. The van der Waals surface area contributed by atoms with Gasteiger partial charge in [0.25, 0.3) is 0 Å². The number of ether oxygens (including phenoxy) is 1. The van der Waals surface area contributed by atoms with Gasteiger partial charge in [0, 0.05) is 5.03 Å². The normalized spacial score (nSPS) is 17.6. The molecular weight excluding hydrogens is 344 g/mol. The lowest BCUT2D eigenvalue weighted by molar-refractivity contribution is -0.153. The van der Waals surface area contributed by atoms with E-state index in [0.717, 1.165) is 50.0 Å². The topological polar surface area (TPSA) is 26.3 Å². The SMILES string of the molecule is CC=CC(CCC1=CCCCC(CC(=O)OC(C)(C)C)=CCC1)=C(C)Cl. The third-order valence-electron chi connectivity index (χ3n) is 4.35. The van der Waals surface area contributed by atoms with Gasteiger partial charge in [-0.25, -0.2) is 0 Å². The van der Waals surface area contributed by atoms with Crippen molar-refractivity contribution < 1.29 is 9.53 Å². The van der Waals surface area contributed by atoms with Crippen LogP contribution in [0.5, 0.6) is 0 Å². The highest BCUT2D eigenvalue weighted by Crippen LogP contribution is 2.25. The van der Waals surface area contributed by atoms with Crippen LogP contribution < -0.4 is 0 Å². The molecule has 0 aromatic rings. The van der Waals surface area contributed by atoms with Crippen molar-refractivity contribution in [3.05, 3.63) is 46.1 Å². The molecule has 2 nitrogen and oxygen atoms in total. The molecule has 1 rings (SSSR count). The highest BCUT2D eigenvalue weighted by molar-refractivity contribution is 6.29. The van der Waals surface area contributed by atoms with Gasteiger partial charge in [-0.15, -0.1) is 0 Å². The summed E-state index contributed by atoms with van der Waals surface area (Å²) in [7, 11) is 0. The Bertz CT molecular complexity index is 582. The average molecular weight is 379 g/mol. The molecule has 0 atom stereocenters. The lowest BCUT2D eigenvalue weighted by atomic mass is 9.99. The molecule has 3 heteroatoms. The van der Waals surface area contributed by atoms with E-state index in [9.17, 15) is 4.79 Å². The van der Waals surface area contributed by atoms with E-state index in [1.807, 2.05) is 40.7 Å². The summed E-state index contributed by atoms with van der Waals surface area (Å²) in [5, 5.41) is 0.881. The van der Waals surface area contributed by atoms with Crippen LogP contribution in [0, 0.1) is 0 Å². The molecule has 0 unspecified atom stereocenters. The molecule has 0 N–H and O–H groups in total. The van der Waals surface area contributed by atoms with Crippen molar-refractivity contribution in [3.63, 3.8) is 0 Å². The van der Waals surface area contributed by atoms with Crippen molar-refractivity contribution in [2.24, 2.45) is 0 Å². The van der Waals surface area contributed by atoms with E-state index in [0.29, 0.717) is 6.42 Å². The fourth-order valence-corrected chi connectivity index (χ4v) is 3.28. The predicted octanol–water partition coefficient (Wildman–Crippen LogP) is 7.40. The van der Waals surface area contributed by atoms with Gasteiger partial charge in [0.15, 0.2) is 0 Å². The van der Waals surface area contributed by atoms with Crippen LogP contribution >= 0.6 is 11.6 Å². The van der Waals surface area contributed by atoms with Crippen molar-refractivity contribution >= 4 is 17.6 Å². The largest absolute Gasteiger partial charge is 0.460 e. The Hall–Kier alpha value is -1.28. The average Bonchev–Trinajstić information content (AvgIpc) is 2.61. The third kappa shape index (κ3) is 10.0. The second-order valence-corrected chi connectivity index (χ2v) is 8.54. The first-order valence-corrected chi connectivity index (χ1v) is 10.1. The maximum atomic E-state index is 12.1. The van der Waals surface area contributed by atoms with Gasteiger partial charge in [0.1, 0.15) is 5.60 Å². The second-order valence-electron chi connectivity index (χ2n) is 7.98. The first-order valence-electron chi connectivity index (χ1n) is 9.77. The van der Waals surface area contributed by atoms with E-state index in [1.54, 1.807) is 0 Å². The van der Waals surface area contributed by atoms with E-state index in [1.165, 1.54) is 16.7 Å². The van der Waals surface area contributed by atoms with Crippen molar-refractivity contribution in [2.75, 3.05) is 0 Å². The number of carbonyl (C=O) groups excluding carboxylic acids is 1. The summed E-state index contributed by atoms with van der Waals surface area (Å²) in [6.45, 7) is 9.73. The monoisotopic (exact) mass is 378 g/mol. The standard InChI is InChI=1S/C23H35ClO2/c1-6-10-21(18(2)24)16-15-19-11-7-8-12-20(14-9-13-19)17-22(25)26-23(3,4)5/h6,10-11,14H,7-9,12-13,15-17H2,1-5H3.